The third kappa shape index (κ3) is 2.86. The normalized spacial score (nSPS) is 12.9. The topological polar surface area (TPSA) is 92.1 Å². The van der Waals surface area contributed by atoms with E-state index in [0.29, 0.717) is 12.5 Å². The van der Waals surface area contributed by atoms with Crippen molar-refractivity contribution in [2.24, 2.45) is 0 Å². The first-order valence-corrected chi connectivity index (χ1v) is 6.38. The Hall–Kier alpha value is -0.610. The van der Waals surface area contributed by atoms with Crippen LogP contribution < -0.4 is 0 Å². The van der Waals surface area contributed by atoms with Crippen LogP contribution in [0.3, 0.4) is 0 Å². The van der Waals surface area contributed by atoms with Crippen molar-refractivity contribution in [3.8, 4) is 6.07 Å². The molecule has 0 aromatic heterocycles. The average molecular weight is 197 g/mol. The second kappa shape index (κ2) is 2.79. The molecule has 0 aliphatic heterocycles. The first kappa shape index (κ1) is 10.4. The van der Waals surface area contributed by atoms with E-state index in [2.05, 4.69) is 0 Å². The number of sulfone groups is 2. The van der Waals surface area contributed by atoms with Gasteiger partial charge in [-0.15, -0.1) is 0 Å². The van der Waals surface area contributed by atoms with Gasteiger partial charge in [0.15, 0.2) is 19.7 Å². The number of hydrogen-bond acceptors (Lipinski definition) is 5. The highest BCUT2D eigenvalue weighted by Gasteiger charge is 2.30. The van der Waals surface area contributed by atoms with Crippen LogP contribution in [-0.2, 0) is 19.7 Å². The van der Waals surface area contributed by atoms with Gasteiger partial charge >= 0.3 is 0 Å². The summed E-state index contributed by atoms with van der Waals surface area (Å²) >= 11 is 0. The van der Waals surface area contributed by atoms with E-state index in [4.69, 9.17) is 5.26 Å². The molecule has 7 heteroatoms. The van der Waals surface area contributed by atoms with Crippen molar-refractivity contribution in [1.29, 1.82) is 5.26 Å². The Bertz CT molecular complexity index is 339. The zero-order valence-electron chi connectivity index (χ0n) is 5.97. The SMILES string of the molecule is CS(=O)(=O)C(C#N)S(C)(=O)=O. The van der Waals surface area contributed by atoms with Crippen LogP contribution in [0.2, 0.25) is 0 Å². The highest BCUT2D eigenvalue weighted by molar-refractivity contribution is 8.08. The van der Waals surface area contributed by atoms with Crippen LogP contribution in [0.1, 0.15) is 0 Å². The van der Waals surface area contributed by atoms with E-state index in [1.807, 2.05) is 0 Å². The minimum absolute atomic E-state index is 0.710. The van der Waals surface area contributed by atoms with E-state index in [-0.39, 0.29) is 0 Å². The Balaban J connectivity index is 5.27. The molecule has 0 heterocycles. The number of nitriles is 1. The molecule has 0 saturated carbocycles. The van der Waals surface area contributed by atoms with Crippen LogP contribution in [0, 0.1) is 11.3 Å². The average Bonchev–Trinajstić information content (AvgIpc) is 1.56. The minimum Gasteiger partial charge on any atom is -0.227 e. The molecule has 0 saturated heterocycles. The van der Waals surface area contributed by atoms with E-state index < -0.39 is 24.3 Å². The molecular formula is C4H7NO4S2. The van der Waals surface area contributed by atoms with E-state index in [1.165, 1.54) is 6.07 Å². The molecule has 0 rings (SSSR count). The molecule has 0 aliphatic carbocycles. The maximum absolute atomic E-state index is 10.6. The van der Waals surface area contributed by atoms with Crippen molar-refractivity contribution in [3.05, 3.63) is 0 Å². The summed E-state index contributed by atoms with van der Waals surface area (Å²) in [6.07, 6.45) is 1.42. The lowest BCUT2D eigenvalue weighted by Crippen LogP contribution is -2.26. The summed E-state index contributed by atoms with van der Waals surface area (Å²) in [6, 6.07) is 1.21. The molecule has 11 heavy (non-hydrogen) atoms. The van der Waals surface area contributed by atoms with Gasteiger partial charge in [-0.05, 0) is 0 Å². The lowest BCUT2D eigenvalue weighted by Gasteiger charge is -2.01. The van der Waals surface area contributed by atoms with Gasteiger partial charge in [-0.1, -0.05) is 0 Å². The van der Waals surface area contributed by atoms with Gasteiger partial charge < -0.3 is 0 Å². The zero-order chi connectivity index (χ0) is 9.28. The fourth-order valence-electron chi connectivity index (χ4n) is 0.509. The van der Waals surface area contributed by atoms with E-state index >= 15 is 0 Å². The Morgan fingerprint density at radius 1 is 1.09 bits per heavy atom. The van der Waals surface area contributed by atoms with Crippen LogP contribution in [0.4, 0.5) is 0 Å². The van der Waals surface area contributed by atoms with E-state index in [1.54, 1.807) is 0 Å². The van der Waals surface area contributed by atoms with Gasteiger partial charge in [0.05, 0.1) is 6.07 Å². The number of hydrogen-bond donors (Lipinski definition) is 0. The van der Waals surface area contributed by atoms with Gasteiger partial charge in [0.1, 0.15) is 0 Å². The summed E-state index contributed by atoms with van der Waals surface area (Å²) < 4.78 is 40.5. The summed E-state index contributed by atoms with van der Waals surface area (Å²) in [6.45, 7) is 0. The third-order valence-corrected chi connectivity index (χ3v) is 4.75. The van der Waals surface area contributed by atoms with Crippen LogP contribution in [-0.4, -0.2) is 33.9 Å². The Morgan fingerprint density at radius 2 is 1.36 bits per heavy atom. The highest BCUT2D eigenvalue weighted by Crippen LogP contribution is 2.04. The quantitative estimate of drug-likeness (QED) is 0.561. The lowest BCUT2D eigenvalue weighted by atomic mass is 10.9. The third-order valence-electron chi connectivity index (χ3n) is 0.883. The molecule has 0 N–H and O–H groups in total. The largest absolute Gasteiger partial charge is 0.247 e. The van der Waals surface area contributed by atoms with Crippen molar-refractivity contribution in [2.75, 3.05) is 12.5 Å². The van der Waals surface area contributed by atoms with E-state index in [9.17, 15) is 16.8 Å². The molecule has 5 nitrogen and oxygen atoms in total. The molecule has 0 amide bonds. The molecule has 0 aliphatic rings. The van der Waals surface area contributed by atoms with Crippen molar-refractivity contribution in [1.82, 2.24) is 0 Å². The molecule has 0 unspecified atom stereocenters. The molecule has 0 fully saturated rings. The van der Waals surface area contributed by atoms with Crippen molar-refractivity contribution < 1.29 is 16.8 Å². The maximum atomic E-state index is 10.6. The summed E-state index contributed by atoms with van der Waals surface area (Å²) in [5.74, 6) is 0. The Morgan fingerprint density at radius 3 is 1.36 bits per heavy atom. The summed E-state index contributed by atoms with van der Waals surface area (Å²) in [5.41, 5.74) is 0. The molecule has 0 aromatic carbocycles. The van der Waals surface area contributed by atoms with Crippen LogP contribution in [0.5, 0.6) is 0 Å². The molecule has 0 aromatic rings. The second-order valence-electron chi connectivity index (χ2n) is 2.12. The smallest absolute Gasteiger partial charge is 0.227 e. The molecule has 0 bridgehead atoms. The monoisotopic (exact) mass is 197 g/mol. The van der Waals surface area contributed by atoms with Crippen LogP contribution in [0.25, 0.3) is 0 Å². The van der Waals surface area contributed by atoms with Gasteiger partial charge in [-0.2, -0.15) is 5.26 Å². The van der Waals surface area contributed by atoms with Crippen LogP contribution in [0.15, 0.2) is 0 Å². The van der Waals surface area contributed by atoms with Gasteiger partial charge in [-0.3, -0.25) is 0 Å². The van der Waals surface area contributed by atoms with Crippen molar-refractivity contribution in [3.63, 3.8) is 0 Å². The molecular weight excluding hydrogens is 190 g/mol. The van der Waals surface area contributed by atoms with Gasteiger partial charge in [0, 0.05) is 12.5 Å². The van der Waals surface area contributed by atoms with Crippen LogP contribution >= 0.6 is 0 Å². The fraction of sp³-hybridized carbons (Fsp3) is 0.750. The molecule has 0 spiro atoms. The van der Waals surface area contributed by atoms with Gasteiger partial charge in [0.25, 0.3) is 0 Å². The standard InChI is InChI=1S/C4H7NO4S2/c1-10(6,7)4(3-5)11(2,8)9/h4H,1-2H3. The number of nitrogens with zero attached hydrogens (tertiary/aromatic N) is 1. The number of rotatable bonds is 2. The van der Waals surface area contributed by atoms with E-state index in [0.717, 1.165) is 0 Å². The second-order valence-corrected chi connectivity index (χ2v) is 6.68. The maximum Gasteiger partial charge on any atom is 0.247 e. The molecule has 0 atom stereocenters. The minimum atomic E-state index is -3.82. The van der Waals surface area contributed by atoms with Crippen molar-refractivity contribution >= 4 is 19.7 Å². The summed E-state index contributed by atoms with van der Waals surface area (Å²) in [7, 11) is -7.64. The van der Waals surface area contributed by atoms with Gasteiger partial charge in [-0.25, -0.2) is 16.8 Å². The Labute approximate surface area is 65.5 Å². The predicted molar refractivity (Wildman–Crippen MR) is 39.1 cm³/mol. The summed E-state index contributed by atoms with van der Waals surface area (Å²) in [5, 5.41) is 8.19. The zero-order valence-corrected chi connectivity index (χ0v) is 7.61. The first-order valence-electron chi connectivity index (χ1n) is 2.47. The first-order chi connectivity index (χ1) is 4.69. The molecule has 0 radical (unpaired) electrons. The fourth-order valence-corrected chi connectivity index (χ4v) is 3.43. The van der Waals surface area contributed by atoms with Crippen molar-refractivity contribution in [2.45, 2.75) is 4.58 Å². The summed E-state index contributed by atoms with van der Waals surface area (Å²) in [4.78, 5) is 0. The predicted octanol–water partition coefficient (Wildman–Crippen LogP) is -1.07. The Kier molecular flexibility index (Phi) is 2.64. The highest BCUT2D eigenvalue weighted by atomic mass is 32.3. The lowest BCUT2D eigenvalue weighted by molar-refractivity contribution is 0.589. The molecule has 64 valence electrons. The van der Waals surface area contributed by atoms with Gasteiger partial charge in [0.2, 0.25) is 4.58 Å².